The Balaban J connectivity index is 2.77. The molecule has 19 heavy (non-hydrogen) atoms. The molecule has 0 aliphatic heterocycles. The highest BCUT2D eigenvalue weighted by atomic mass is 16.5. The van der Waals surface area contributed by atoms with E-state index in [9.17, 15) is 4.79 Å². The Kier molecular flexibility index (Phi) is 5.79. The summed E-state index contributed by atoms with van der Waals surface area (Å²) in [5.74, 6) is 0.500. The zero-order valence-corrected chi connectivity index (χ0v) is 11.7. The third-order valence-electron chi connectivity index (χ3n) is 2.89. The van der Waals surface area contributed by atoms with Gasteiger partial charge in [-0.1, -0.05) is 13.0 Å². The van der Waals surface area contributed by atoms with Gasteiger partial charge in [-0.3, -0.25) is 4.79 Å². The van der Waals surface area contributed by atoms with E-state index in [-0.39, 0.29) is 5.91 Å². The quantitative estimate of drug-likeness (QED) is 0.632. The molecule has 0 saturated carbocycles. The highest BCUT2D eigenvalue weighted by molar-refractivity contribution is 5.91. The minimum Gasteiger partial charge on any atom is -0.497 e. The SMILES string of the molecule is C=NC(=O)/C=C(/CC)CNc1cc(OC)ccc1C. The second-order valence-corrected chi connectivity index (χ2v) is 4.19. The van der Waals surface area contributed by atoms with Crippen LogP contribution in [0.2, 0.25) is 0 Å². The van der Waals surface area contributed by atoms with E-state index < -0.39 is 0 Å². The lowest BCUT2D eigenvalue weighted by molar-refractivity contribution is -0.113. The average Bonchev–Trinajstić information content (AvgIpc) is 2.44. The Morgan fingerprint density at radius 2 is 2.26 bits per heavy atom. The molecule has 0 heterocycles. The number of hydrogen-bond acceptors (Lipinski definition) is 3. The van der Waals surface area contributed by atoms with Gasteiger partial charge in [-0.15, -0.1) is 0 Å². The first-order valence-electron chi connectivity index (χ1n) is 6.19. The lowest BCUT2D eigenvalue weighted by Gasteiger charge is -2.12. The maximum absolute atomic E-state index is 11.2. The molecule has 1 aromatic rings. The molecule has 4 nitrogen and oxygen atoms in total. The summed E-state index contributed by atoms with van der Waals surface area (Å²) >= 11 is 0. The zero-order chi connectivity index (χ0) is 14.3. The third kappa shape index (κ3) is 4.58. The van der Waals surface area contributed by atoms with Crippen molar-refractivity contribution in [3.05, 3.63) is 35.4 Å². The topological polar surface area (TPSA) is 50.7 Å². The number of rotatable bonds is 6. The van der Waals surface area contributed by atoms with Gasteiger partial charge >= 0.3 is 0 Å². The lowest BCUT2D eigenvalue weighted by atomic mass is 10.1. The first-order chi connectivity index (χ1) is 9.10. The zero-order valence-electron chi connectivity index (χ0n) is 11.7. The molecule has 0 aliphatic carbocycles. The maximum Gasteiger partial charge on any atom is 0.269 e. The molecule has 102 valence electrons. The van der Waals surface area contributed by atoms with Crippen LogP contribution in [0.15, 0.2) is 34.8 Å². The average molecular weight is 260 g/mol. The first kappa shape index (κ1) is 15.0. The number of amides is 1. The number of aryl methyl sites for hydroxylation is 1. The third-order valence-corrected chi connectivity index (χ3v) is 2.89. The van der Waals surface area contributed by atoms with Gasteiger partial charge in [0, 0.05) is 24.4 Å². The number of anilines is 1. The summed E-state index contributed by atoms with van der Waals surface area (Å²) in [5.41, 5.74) is 3.11. The van der Waals surface area contributed by atoms with Crippen LogP contribution in [-0.2, 0) is 4.79 Å². The molecule has 0 spiro atoms. The Morgan fingerprint density at radius 3 is 2.84 bits per heavy atom. The summed E-state index contributed by atoms with van der Waals surface area (Å²) in [7, 11) is 1.64. The van der Waals surface area contributed by atoms with E-state index in [1.165, 1.54) is 6.08 Å². The van der Waals surface area contributed by atoms with Gasteiger partial charge in [-0.05, 0) is 37.3 Å². The van der Waals surface area contributed by atoms with Crippen LogP contribution in [0.5, 0.6) is 5.75 Å². The van der Waals surface area contributed by atoms with Crippen molar-refractivity contribution in [2.24, 2.45) is 4.99 Å². The van der Waals surface area contributed by atoms with Crippen LogP contribution in [-0.4, -0.2) is 26.3 Å². The fourth-order valence-corrected chi connectivity index (χ4v) is 1.63. The van der Waals surface area contributed by atoms with Gasteiger partial charge in [0.2, 0.25) is 0 Å². The molecule has 1 aromatic carbocycles. The molecule has 0 atom stereocenters. The highest BCUT2D eigenvalue weighted by Gasteiger charge is 2.03. The Morgan fingerprint density at radius 1 is 1.53 bits per heavy atom. The molecule has 0 bridgehead atoms. The van der Waals surface area contributed by atoms with E-state index in [2.05, 4.69) is 17.0 Å². The maximum atomic E-state index is 11.2. The van der Waals surface area contributed by atoms with Crippen molar-refractivity contribution in [3.8, 4) is 5.75 Å². The molecular weight excluding hydrogens is 240 g/mol. The second kappa shape index (κ2) is 7.36. The van der Waals surface area contributed by atoms with Crippen LogP contribution < -0.4 is 10.1 Å². The fourth-order valence-electron chi connectivity index (χ4n) is 1.63. The number of carbonyl (C=O) groups is 1. The van der Waals surface area contributed by atoms with Crippen molar-refractivity contribution in [3.63, 3.8) is 0 Å². The summed E-state index contributed by atoms with van der Waals surface area (Å²) in [6, 6.07) is 5.85. The van der Waals surface area contributed by atoms with Crippen LogP contribution in [0.4, 0.5) is 5.69 Å². The van der Waals surface area contributed by atoms with Gasteiger partial charge in [0.1, 0.15) is 5.75 Å². The number of nitrogens with one attached hydrogen (secondary N) is 1. The monoisotopic (exact) mass is 260 g/mol. The van der Waals surface area contributed by atoms with Crippen LogP contribution in [0.1, 0.15) is 18.9 Å². The number of hydrogen-bond donors (Lipinski definition) is 1. The van der Waals surface area contributed by atoms with E-state index in [1.54, 1.807) is 7.11 Å². The minimum atomic E-state index is -0.305. The van der Waals surface area contributed by atoms with Crippen molar-refractivity contribution in [2.45, 2.75) is 20.3 Å². The van der Waals surface area contributed by atoms with Crippen molar-refractivity contribution in [1.82, 2.24) is 0 Å². The fraction of sp³-hybridized carbons (Fsp3) is 0.333. The van der Waals surface area contributed by atoms with Crippen LogP contribution in [0.25, 0.3) is 0 Å². The number of aliphatic imine (C=N–C) groups is 1. The second-order valence-electron chi connectivity index (χ2n) is 4.19. The molecular formula is C15H20N2O2. The smallest absolute Gasteiger partial charge is 0.269 e. The largest absolute Gasteiger partial charge is 0.497 e. The summed E-state index contributed by atoms with van der Waals surface area (Å²) in [6.07, 6.45) is 2.31. The molecule has 1 rings (SSSR count). The predicted molar refractivity (Wildman–Crippen MR) is 79.2 cm³/mol. The van der Waals surface area contributed by atoms with E-state index in [0.29, 0.717) is 6.54 Å². The molecule has 4 heteroatoms. The Labute approximate surface area is 114 Å². The van der Waals surface area contributed by atoms with Gasteiger partial charge in [0.25, 0.3) is 5.91 Å². The van der Waals surface area contributed by atoms with Crippen molar-refractivity contribution < 1.29 is 9.53 Å². The van der Waals surface area contributed by atoms with E-state index in [4.69, 9.17) is 4.74 Å². The van der Waals surface area contributed by atoms with Crippen LogP contribution in [0, 0.1) is 6.92 Å². The number of carbonyl (C=O) groups excluding carboxylic acids is 1. The first-order valence-corrected chi connectivity index (χ1v) is 6.19. The lowest BCUT2D eigenvalue weighted by Crippen LogP contribution is -2.07. The molecule has 0 aliphatic rings. The van der Waals surface area contributed by atoms with Crippen molar-refractivity contribution in [2.75, 3.05) is 19.0 Å². The molecule has 1 N–H and O–H groups in total. The van der Waals surface area contributed by atoms with Gasteiger partial charge in [0.15, 0.2) is 0 Å². The Hall–Kier alpha value is -2.10. The number of ether oxygens (including phenoxy) is 1. The Bertz CT molecular complexity index is 493. The van der Waals surface area contributed by atoms with Gasteiger partial charge in [-0.25, -0.2) is 4.99 Å². The molecule has 0 radical (unpaired) electrons. The van der Waals surface area contributed by atoms with Gasteiger partial charge in [-0.2, -0.15) is 0 Å². The summed E-state index contributed by atoms with van der Waals surface area (Å²) in [5, 5.41) is 3.31. The normalized spacial score (nSPS) is 11.0. The minimum absolute atomic E-state index is 0.305. The predicted octanol–water partition coefficient (Wildman–Crippen LogP) is 2.98. The van der Waals surface area contributed by atoms with Crippen molar-refractivity contribution in [1.29, 1.82) is 0 Å². The summed E-state index contributed by atoms with van der Waals surface area (Å²) in [4.78, 5) is 14.6. The highest BCUT2D eigenvalue weighted by Crippen LogP contribution is 2.22. The van der Waals surface area contributed by atoms with Crippen LogP contribution >= 0.6 is 0 Å². The van der Waals surface area contributed by atoms with E-state index in [0.717, 1.165) is 29.0 Å². The number of nitrogens with zero attached hydrogens (tertiary/aromatic N) is 1. The summed E-state index contributed by atoms with van der Waals surface area (Å²) in [6.45, 7) is 7.85. The summed E-state index contributed by atoms with van der Waals surface area (Å²) < 4.78 is 5.19. The molecule has 0 aromatic heterocycles. The number of benzene rings is 1. The van der Waals surface area contributed by atoms with Crippen molar-refractivity contribution >= 4 is 18.3 Å². The van der Waals surface area contributed by atoms with Crippen LogP contribution in [0.3, 0.4) is 0 Å². The molecule has 0 fully saturated rings. The number of methoxy groups -OCH3 is 1. The van der Waals surface area contributed by atoms with E-state index >= 15 is 0 Å². The van der Waals surface area contributed by atoms with Gasteiger partial charge in [0.05, 0.1) is 7.11 Å². The molecule has 1 amide bonds. The van der Waals surface area contributed by atoms with E-state index in [1.807, 2.05) is 32.0 Å². The van der Waals surface area contributed by atoms with Gasteiger partial charge < -0.3 is 10.1 Å². The molecule has 0 saturated heterocycles. The molecule has 0 unspecified atom stereocenters. The standard InChI is InChI=1S/C15H20N2O2/c1-5-12(8-15(18)16-3)10-17-14-9-13(19-4)7-6-11(14)2/h6-9,17H,3,5,10H2,1-2,4H3/b12-8-.